The van der Waals surface area contributed by atoms with Crippen molar-refractivity contribution in [3.05, 3.63) is 35.9 Å². The third-order valence-electron chi connectivity index (χ3n) is 10.3. The number of benzene rings is 1. The number of rotatable bonds is 4. The highest BCUT2D eigenvalue weighted by molar-refractivity contribution is 5.66. The number of fused-ring (bicyclic) bond motifs is 5. The van der Waals surface area contributed by atoms with E-state index in [1.165, 1.54) is 44.1 Å². The normalized spacial score (nSPS) is 45.7. The SMILES string of the molecule is CC12CCOCCC1CCC1C2CCC2(C)C(OCc3ccccc3)CCC12C=N. The highest BCUT2D eigenvalue weighted by atomic mass is 16.5. The summed E-state index contributed by atoms with van der Waals surface area (Å²) < 4.78 is 12.5. The van der Waals surface area contributed by atoms with E-state index in [1.54, 1.807) is 0 Å². The zero-order valence-electron chi connectivity index (χ0n) is 18.9. The van der Waals surface area contributed by atoms with Crippen molar-refractivity contribution in [1.29, 1.82) is 5.41 Å². The Bertz CT molecular complexity index is 765. The molecule has 1 aromatic carbocycles. The molecule has 0 radical (unpaired) electrons. The fourth-order valence-corrected chi connectivity index (χ4v) is 8.42. The van der Waals surface area contributed by atoms with Gasteiger partial charge in [-0.15, -0.1) is 0 Å². The minimum Gasteiger partial charge on any atom is -0.381 e. The second kappa shape index (κ2) is 7.74. The first-order chi connectivity index (χ1) is 14.5. The van der Waals surface area contributed by atoms with Crippen LogP contribution in [-0.4, -0.2) is 25.5 Å². The first-order valence-electron chi connectivity index (χ1n) is 12.3. The maximum absolute atomic E-state index is 8.68. The Balaban J connectivity index is 1.41. The summed E-state index contributed by atoms with van der Waals surface area (Å²) in [4.78, 5) is 0. The van der Waals surface area contributed by atoms with Gasteiger partial charge in [0.1, 0.15) is 0 Å². The number of nitrogens with one attached hydrogen (secondary N) is 1. The molecule has 0 spiro atoms. The van der Waals surface area contributed by atoms with Crippen LogP contribution in [0.2, 0.25) is 0 Å². The molecule has 4 aliphatic rings. The Hall–Kier alpha value is -1.19. The molecule has 1 aliphatic heterocycles. The molecule has 0 amide bonds. The van der Waals surface area contributed by atoms with Gasteiger partial charge in [0.15, 0.2) is 0 Å². The van der Waals surface area contributed by atoms with Crippen LogP contribution in [0.15, 0.2) is 30.3 Å². The van der Waals surface area contributed by atoms with Gasteiger partial charge in [-0.3, -0.25) is 0 Å². The van der Waals surface area contributed by atoms with Crippen LogP contribution in [0, 0.1) is 39.4 Å². The average molecular weight is 410 g/mol. The summed E-state index contributed by atoms with van der Waals surface area (Å²) in [5, 5.41) is 8.68. The van der Waals surface area contributed by atoms with Gasteiger partial charge in [0.05, 0.1) is 12.7 Å². The second-order valence-electron chi connectivity index (χ2n) is 11.1. The second-order valence-corrected chi connectivity index (χ2v) is 11.1. The summed E-state index contributed by atoms with van der Waals surface area (Å²) in [5.74, 6) is 2.18. The predicted octanol–water partition coefficient (Wildman–Crippen LogP) is 6.26. The van der Waals surface area contributed by atoms with E-state index in [4.69, 9.17) is 14.9 Å². The Morgan fingerprint density at radius 2 is 1.80 bits per heavy atom. The molecule has 3 aliphatic carbocycles. The van der Waals surface area contributed by atoms with Gasteiger partial charge in [-0.05, 0) is 80.1 Å². The van der Waals surface area contributed by atoms with E-state index in [2.05, 4.69) is 44.2 Å². The summed E-state index contributed by atoms with van der Waals surface area (Å²) in [6.07, 6.45) is 11.9. The summed E-state index contributed by atoms with van der Waals surface area (Å²) in [6, 6.07) is 10.6. The Kier molecular flexibility index (Phi) is 5.34. The molecule has 3 nitrogen and oxygen atoms in total. The van der Waals surface area contributed by atoms with Gasteiger partial charge in [0.2, 0.25) is 0 Å². The fraction of sp³-hybridized carbons (Fsp3) is 0.741. The lowest BCUT2D eigenvalue weighted by Crippen LogP contribution is -2.59. The minimum absolute atomic E-state index is 0.0123. The monoisotopic (exact) mass is 409 g/mol. The third kappa shape index (κ3) is 2.95. The van der Waals surface area contributed by atoms with Crippen molar-refractivity contribution >= 4 is 6.21 Å². The summed E-state index contributed by atoms with van der Waals surface area (Å²) >= 11 is 0. The zero-order chi connectivity index (χ0) is 20.8. The van der Waals surface area contributed by atoms with E-state index in [1.807, 2.05) is 6.21 Å². The van der Waals surface area contributed by atoms with E-state index in [-0.39, 0.29) is 16.9 Å². The Labute approximate surface area is 182 Å². The maximum Gasteiger partial charge on any atom is 0.0720 e. The van der Waals surface area contributed by atoms with Crippen LogP contribution in [-0.2, 0) is 16.1 Å². The van der Waals surface area contributed by atoms with E-state index >= 15 is 0 Å². The van der Waals surface area contributed by atoms with Crippen LogP contribution in [0.4, 0.5) is 0 Å². The van der Waals surface area contributed by atoms with Crippen LogP contribution in [0.3, 0.4) is 0 Å². The van der Waals surface area contributed by atoms with Gasteiger partial charge >= 0.3 is 0 Å². The third-order valence-corrected chi connectivity index (χ3v) is 10.3. The number of hydrogen-bond acceptors (Lipinski definition) is 3. The molecule has 7 unspecified atom stereocenters. The van der Waals surface area contributed by atoms with Gasteiger partial charge in [0.25, 0.3) is 0 Å². The van der Waals surface area contributed by atoms with Gasteiger partial charge < -0.3 is 14.9 Å². The highest BCUT2D eigenvalue weighted by Gasteiger charge is 2.66. The Morgan fingerprint density at radius 3 is 2.60 bits per heavy atom. The van der Waals surface area contributed by atoms with Gasteiger partial charge in [-0.2, -0.15) is 0 Å². The van der Waals surface area contributed by atoms with E-state index in [9.17, 15) is 0 Å². The first kappa shape index (κ1) is 20.7. The molecule has 1 N–H and O–H groups in total. The summed E-state index contributed by atoms with van der Waals surface area (Å²) in [7, 11) is 0. The molecule has 1 heterocycles. The van der Waals surface area contributed by atoms with Gasteiger partial charge in [-0.1, -0.05) is 44.2 Å². The highest BCUT2D eigenvalue weighted by Crippen LogP contribution is 2.70. The largest absolute Gasteiger partial charge is 0.381 e. The molecular formula is C27H39NO2. The molecule has 30 heavy (non-hydrogen) atoms. The van der Waals surface area contributed by atoms with Crippen LogP contribution in [0.5, 0.6) is 0 Å². The summed E-state index contributed by atoms with van der Waals surface area (Å²) in [6.45, 7) is 7.60. The van der Waals surface area contributed by atoms with Crippen LogP contribution < -0.4 is 0 Å². The Morgan fingerprint density at radius 1 is 0.967 bits per heavy atom. The summed E-state index contributed by atoms with van der Waals surface area (Å²) in [5.41, 5.74) is 1.75. The molecule has 5 rings (SSSR count). The smallest absolute Gasteiger partial charge is 0.0720 e. The average Bonchev–Trinajstić information content (AvgIpc) is 2.91. The molecular weight excluding hydrogens is 370 g/mol. The van der Waals surface area contributed by atoms with Crippen molar-refractivity contribution < 1.29 is 9.47 Å². The maximum atomic E-state index is 8.68. The van der Waals surface area contributed by atoms with Crippen molar-refractivity contribution in [2.45, 2.75) is 77.9 Å². The molecule has 164 valence electrons. The van der Waals surface area contributed by atoms with Crippen LogP contribution in [0.1, 0.15) is 70.8 Å². The topological polar surface area (TPSA) is 42.3 Å². The first-order valence-corrected chi connectivity index (χ1v) is 12.3. The molecule has 3 heteroatoms. The predicted molar refractivity (Wildman–Crippen MR) is 121 cm³/mol. The van der Waals surface area contributed by atoms with Gasteiger partial charge in [-0.25, -0.2) is 0 Å². The van der Waals surface area contributed by atoms with Crippen molar-refractivity contribution in [3.63, 3.8) is 0 Å². The molecule has 3 saturated carbocycles. The van der Waals surface area contributed by atoms with E-state index in [0.29, 0.717) is 17.9 Å². The van der Waals surface area contributed by atoms with Crippen LogP contribution >= 0.6 is 0 Å². The fourth-order valence-electron chi connectivity index (χ4n) is 8.42. The molecule has 0 bridgehead atoms. The quantitative estimate of drug-likeness (QED) is 0.596. The molecule has 0 aromatic heterocycles. The van der Waals surface area contributed by atoms with E-state index in [0.717, 1.165) is 37.9 Å². The van der Waals surface area contributed by atoms with Crippen molar-refractivity contribution in [2.75, 3.05) is 13.2 Å². The molecule has 7 atom stereocenters. The van der Waals surface area contributed by atoms with Crippen molar-refractivity contribution in [2.24, 2.45) is 34.0 Å². The minimum atomic E-state index is 0.0123. The molecule has 1 aromatic rings. The molecule has 4 fully saturated rings. The standard InChI is InChI=1S/C27H39NO2/c1-25-15-17-29-16-12-21(25)8-9-23-22(25)10-13-26(2)24(11-14-27(23,26)19-28)30-18-20-6-4-3-5-7-20/h3-7,19,21-24,28H,8-18H2,1-2H3. The number of hydrogen-bond donors (Lipinski definition) is 1. The van der Waals surface area contributed by atoms with E-state index < -0.39 is 0 Å². The van der Waals surface area contributed by atoms with Gasteiger partial charge in [0, 0.05) is 30.3 Å². The lowest BCUT2D eigenvalue weighted by molar-refractivity contribution is -0.144. The van der Waals surface area contributed by atoms with Crippen molar-refractivity contribution in [1.82, 2.24) is 0 Å². The molecule has 1 saturated heterocycles. The lowest BCUT2D eigenvalue weighted by Gasteiger charge is -2.62. The zero-order valence-corrected chi connectivity index (χ0v) is 18.9. The lowest BCUT2D eigenvalue weighted by atomic mass is 9.42. The van der Waals surface area contributed by atoms with Crippen LogP contribution in [0.25, 0.3) is 0 Å². The van der Waals surface area contributed by atoms with Crippen molar-refractivity contribution in [3.8, 4) is 0 Å². The number of ether oxygens (including phenoxy) is 2.